The van der Waals surface area contributed by atoms with Crippen LogP contribution < -0.4 is 10.6 Å². The van der Waals surface area contributed by atoms with Gasteiger partial charge in [0.2, 0.25) is 5.91 Å². The minimum Gasteiger partial charge on any atom is -0.357 e. The summed E-state index contributed by atoms with van der Waals surface area (Å²) in [5, 5.41) is 6.68. The lowest BCUT2D eigenvalue weighted by Gasteiger charge is -2.18. The molecule has 0 spiro atoms. The van der Waals surface area contributed by atoms with E-state index in [1.165, 1.54) is 11.1 Å². The molecule has 1 aliphatic heterocycles. The molecule has 1 amide bonds. The molecule has 7 heteroatoms. The van der Waals surface area contributed by atoms with Gasteiger partial charge in [0.25, 0.3) is 0 Å². The standard InChI is InChI=1S/C21H29N5O.HI/c1-22-21(23-13-18-8-10-25(2)15-18)24-14-19-12-20(27)26(16-19)11-9-17-6-4-3-5-7-17;/h3-8,10,15,19H,9,11-14,16H2,1-2H3,(H2,22,23,24);1H. The third-order valence-corrected chi connectivity index (χ3v) is 4.94. The Kier molecular flexibility index (Phi) is 8.82. The molecule has 2 N–H and O–H groups in total. The number of aryl methyl sites for hydroxylation is 1. The predicted octanol–water partition coefficient (Wildman–Crippen LogP) is 2.40. The Hall–Kier alpha value is -2.03. The quantitative estimate of drug-likeness (QED) is 0.353. The smallest absolute Gasteiger partial charge is 0.223 e. The van der Waals surface area contributed by atoms with Crippen LogP contribution in [0.2, 0.25) is 0 Å². The molecular formula is C21H30IN5O. The molecule has 0 radical (unpaired) electrons. The minimum absolute atomic E-state index is 0. The molecule has 2 aromatic rings. The summed E-state index contributed by atoms with van der Waals surface area (Å²) in [4.78, 5) is 18.5. The number of benzene rings is 1. The van der Waals surface area contributed by atoms with E-state index < -0.39 is 0 Å². The highest BCUT2D eigenvalue weighted by molar-refractivity contribution is 14.0. The normalized spacial score (nSPS) is 16.8. The summed E-state index contributed by atoms with van der Waals surface area (Å²) in [6, 6.07) is 12.4. The van der Waals surface area contributed by atoms with Gasteiger partial charge in [0, 0.05) is 65.0 Å². The molecule has 1 aromatic heterocycles. The van der Waals surface area contributed by atoms with E-state index in [1.54, 1.807) is 7.05 Å². The fourth-order valence-electron chi connectivity index (χ4n) is 3.43. The van der Waals surface area contributed by atoms with Gasteiger partial charge in [-0.1, -0.05) is 30.3 Å². The van der Waals surface area contributed by atoms with E-state index in [1.807, 2.05) is 40.9 Å². The van der Waals surface area contributed by atoms with Crippen molar-refractivity contribution in [1.29, 1.82) is 0 Å². The van der Waals surface area contributed by atoms with E-state index in [-0.39, 0.29) is 29.9 Å². The molecule has 1 unspecified atom stereocenters. The molecule has 152 valence electrons. The third-order valence-electron chi connectivity index (χ3n) is 4.94. The van der Waals surface area contributed by atoms with Crippen LogP contribution in [0.25, 0.3) is 0 Å². The number of amides is 1. The Morgan fingerprint density at radius 2 is 1.96 bits per heavy atom. The van der Waals surface area contributed by atoms with Gasteiger partial charge in [0.05, 0.1) is 0 Å². The van der Waals surface area contributed by atoms with Gasteiger partial charge in [0.15, 0.2) is 5.96 Å². The maximum absolute atomic E-state index is 12.3. The molecule has 1 saturated heterocycles. The average Bonchev–Trinajstić information content (AvgIpc) is 3.26. The van der Waals surface area contributed by atoms with Crippen molar-refractivity contribution in [1.82, 2.24) is 20.1 Å². The maximum Gasteiger partial charge on any atom is 0.223 e. The summed E-state index contributed by atoms with van der Waals surface area (Å²) in [5.74, 6) is 1.35. The van der Waals surface area contributed by atoms with Crippen LogP contribution in [0.15, 0.2) is 53.8 Å². The predicted molar refractivity (Wildman–Crippen MR) is 124 cm³/mol. The largest absolute Gasteiger partial charge is 0.357 e. The number of likely N-dealkylation sites (tertiary alicyclic amines) is 1. The van der Waals surface area contributed by atoms with E-state index in [0.717, 1.165) is 38.6 Å². The maximum atomic E-state index is 12.3. The molecule has 1 fully saturated rings. The first-order valence-corrected chi connectivity index (χ1v) is 9.51. The number of halogens is 1. The van der Waals surface area contributed by atoms with Gasteiger partial charge in [-0.3, -0.25) is 9.79 Å². The number of rotatable bonds is 7. The lowest BCUT2D eigenvalue weighted by molar-refractivity contribution is -0.127. The lowest BCUT2D eigenvalue weighted by atomic mass is 10.1. The second-order valence-electron chi connectivity index (χ2n) is 7.14. The molecule has 3 rings (SSSR count). The van der Waals surface area contributed by atoms with Gasteiger partial charge < -0.3 is 20.1 Å². The summed E-state index contributed by atoms with van der Waals surface area (Å²) in [6.45, 7) is 3.09. The molecule has 0 aliphatic carbocycles. The zero-order chi connectivity index (χ0) is 19.1. The van der Waals surface area contributed by atoms with Gasteiger partial charge >= 0.3 is 0 Å². The van der Waals surface area contributed by atoms with Crippen molar-refractivity contribution < 1.29 is 4.79 Å². The zero-order valence-corrected chi connectivity index (χ0v) is 18.9. The molecular weight excluding hydrogens is 465 g/mol. The highest BCUT2D eigenvalue weighted by atomic mass is 127. The van der Waals surface area contributed by atoms with Crippen LogP contribution in [-0.4, -0.2) is 48.0 Å². The average molecular weight is 495 g/mol. The van der Waals surface area contributed by atoms with Crippen LogP contribution in [0.1, 0.15) is 17.5 Å². The summed E-state index contributed by atoms with van der Waals surface area (Å²) < 4.78 is 2.03. The number of aromatic nitrogens is 1. The number of hydrogen-bond donors (Lipinski definition) is 2. The number of nitrogens with zero attached hydrogens (tertiary/aromatic N) is 3. The highest BCUT2D eigenvalue weighted by Gasteiger charge is 2.29. The van der Waals surface area contributed by atoms with Crippen LogP contribution >= 0.6 is 24.0 Å². The molecule has 1 aromatic carbocycles. The first kappa shape index (κ1) is 22.3. The number of carbonyl (C=O) groups excluding carboxylic acids is 1. The summed E-state index contributed by atoms with van der Waals surface area (Å²) in [5.41, 5.74) is 2.49. The third kappa shape index (κ3) is 6.54. The van der Waals surface area contributed by atoms with Crippen molar-refractivity contribution in [3.05, 3.63) is 59.9 Å². The van der Waals surface area contributed by atoms with E-state index in [9.17, 15) is 4.79 Å². The summed E-state index contributed by atoms with van der Waals surface area (Å²) in [7, 11) is 3.78. The number of aliphatic imine (C=N–C) groups is 1. The van der Waals surface area contributed by atoms with Crippen LogP contribution in [0.4, 0.5) is 0 Å². The van der Waals surface area contributed by atoms with Gasteiger partial charge in [0.1, 0.15) is 0 Å². The number of hydrogen-bond acceptors (Lipinski definition) is 2. The molecule has 6 nitrogen and oxygen atoms in total. The SMILES string of the molecule is CN=C(NCc1ccn(C)c1)NCC1CC(=O)N(CCc2ccccc2)C1.I. The molecule has 1 aliphatic rings. The Bertz CT molecular complexity index is 774. The van der Waals surface area contributed by atoms with Crippen molar-refractivity contribution in [2.75, 3.05) is 26.7 Å². The molecule has 1 atom stereocenters. The van der Waals surface area contributed by atoms with Crippen LogP contribution in [-0.2, 0) is 24.8 Å². The van der Waals surface area contributed by atoms with E-state index in [2.05, 4.69) is 40.0 Å². The highest BCUT2D eigenvalue weighted by Crippen LogP contribution is 2.17. The Balaban J connectivity index is 0.00000280. The van der Waals surface area contributed by atoms with E-state index in [4.69, 9.17) is 0 Å². The first-order valence-electron chi connectivity index (χ1n) is 9.51. The first-order chi connectivity index (χ1) is 13.1. The fraction of sp³-hybridized carbons (Fsp3) is 0.429. The molecule has 0 saturated carbocycles. The van der Waals surface area contributed by atoms with Crippen LogP contribution in [0, 0.1) is 5.92 Å². The summed E-state index contributed by atoms with van der Waals surface area (Å²) in [6.07, 6.45) is 5.63. The van der Waals surface area contributed by atoms with Gasteiger partial charge in [-0.2, -0.15) is 0 Å². The van der Waals surface area contributed by atoms with Crippen molar-refractivity contribution >= 4 is 35.8 Å². The lowest BCUT2D eigenvalue weighted by Crippen LogP contribution is -2.40. The zero-order valence-electron chi connectivity index (χ0n) is 16.6. The molecule has 28 heavy (non-hydrogen) atoms. The van der Waals surface area contributed by atoms with Gasteiger partial charge in [-0.15, -0.1) is 24.0 Å². The van der Waals surface area contributed by atoms with Crippen molar-refractivity contribution in [3.63, 3.8) is 0 Å². The van der Waals surface area contributed by atoms with Crippen molar-refractivity contribution in [3.8, 4) is 0 Å². The Morgan fingerprint density at radius 3 is 2.64 bits per heavy atom. The second-order valence-corrected chi connectivity index (χ2v) is 7.14. The topological polar surface area (TPSA) is 61.7 Å². The van der Waals surface area contributed by atoms with Crippen LogP contribution in [0.5, 0.6) is 0 Å². The summed E-state index contributed by atoms with van der Waals surface area (Å²) >= 11 is 0. The molecule has 0 bridgehead atoms. The number of guanidine groups is 1. The Morgan fingerprint density at radius 1 is 1.18 bits per heavy atom. The molecule has 2 heterocycles. The van der Waals surface area contributed by atoms with Crippen molar-refractivity contribution in [2.24, 2.45) is 18.0 Å². The Labute approximate surface area is 184 Å². The van der Waals surface area contributed by atoms with Gasteiger partial charge in [-0.05, 0) is 23.6 Å². The van der Waals surface area contributed by atoms with Crippen molar-refractivity contribution in [2.45, 2.75) is 19.4 Å². The monoisotopic (exact) mass is 495 g/mol. The van der Waals surface area contributed by atoms with E-state index >= 15 is 0 Å². The minimum atomic E-state index is 0. The second kappa shape index (κ2) is 11.1. The van der Waals surface area contributed by atoms with Gasteiger partial charge in [-0.25, -0.2) is 0 Å². The van der Waals surface area contributed by atoms with E-state index in [0.29, 0.717) is 12.3 Å². The number of nitrogens with one attached hydrogen (secondary N) is 2. The van der Waals surface area contributed by atoms with Crippen LogP contribution in [0.3, 0.4) is 0 Å². The number of carbonyl (C=O) groups is 1. The fourth-order valence-corrected chi connectivity index (χ4v) is 3.43.